The second-order valence-corrected chi connectivity index (χ2v) is 4.84. The van der Waals surface area contributed by atoms with Gasteiger partial charge in [-0.05, 0) is 23.6 Å². The Morgan fingerprint density at radius 1 is 1.07 bits per heavy atom. The predicted octanol–water partition coefficient (Wildman–Crippen LogP) is 1.07. The summed E-state index contributed by atoms with van der Waals surface area (Å²) in [6.45, 7) is 0. The number of rotatable bonds is 1. The fraction of sp³-hybridized carbons (Fsp3) is 0. The van der Waals surface area contributed by atoms with Gasteiger partial charge in [-0.3, -0.25) is 0 Å². The van der Waals surface area contributed by atoms with E-state index in [-0.39, 0.29) is 4.90 Å². The van der Waals surface area contributed by atoms with Gasteiger partial charge in [-0.15, -0.1) is 0 Å². The lowest BCUT2D eigenvalue weighted by Crippen LogP contribution is -2.11. The molecule has 0 aliphatic rings. The van der Waals surface area contributed by atoms with Crippen molar-refractivity contribution in [2.24, 2.45) is 5.14 Å². The Kier molecular flexibility index (Phi) is 2.13. The molecular formula is C10H10N2O2S. The van der Waals surface area contributed by atoms with Crippen molar-refractivity contribution < 1.29 is 8.42 Å². The number of primary sulfonamides is 1. The van der Waals surface area contributed by atoms with E-state index in [2.05, 4.69) is 0 Å². The summed E-state index contributed by atoms with van der Waals surface area (Å²) in [6, 6.07) is 10.0. The maximum absolute atomic E-state index is 11.1. The molecule has 4 nitrogen and oxygen atoms in total. The van der Waals surface area contributed by atoms with E-state index in [1.54, 1.807) is 12.1 Å². The first-order valence-electron chi connectivity index (χ1n) is 4.29. The van der Waals surface area contributed by atoms with Gasteiger partial charge in [0, 0.05) is 11.1 Å². The maximum atomic E-state index is 11.1. The molecule has 0 saturated carbocycles. The highest BCUT2D eigenvalue weighted by Crippen LogP contribution is 2.23. The van der Waals surface area contributed by atoms with Crippen molar-refractivity contribution in [2.75, 3.05) is 5.73 Å². The van der Waals surface area contributed by atoms with Crippen LogP contribution in [0.15, 0.2) is 41.3 Å². The quantitative estimate of drug-likeness (QED) is 0.707. The lowest BCUT2D eigenvalue weighted by atomic mass is 10.1. The van der Waals surface area contributed by atoms with Crippen LogP contribution in [0.1, 0.15) is 0 Å². The maximum Gasteiger partial charge on any atom is 0.238 e. The van der Waals surface area contributed by atoms with E-state index in [9.17, 15) is 8.42 Å². The minimum absolute atomic E-state index is 0.0768. The predicted molar refractivity (Wildman–Crippen MR) is 59.7 cm³/mol. The summed E-state index contributed by atoms with van der Waals surface area (Å²) in [5.41, 5.74) is 6.27. The van der Waals surface area contributed by atoms with Gasteiger partial charge in [0.05, 0.1) is 4.90 Å². The fourth-order valence-corrected chi connectivity index (χ4v) is 1.99. The van der Waals surface area contributed by atoms with Gasteiger partial charge in [0.1, 0.15) is 0 Å². The summed E-state index contributed by atoms with van der Waals surface area (Å²) in [6.07, 6.45) is 0. The van der Waals surface area contributed by atoms with E-state index >= 15 is 0 Å². The normalized spacial score (nSPS) is 11.8. The van der Waals surface area contributed by atoms with Gasteiger partial charge in [-0.2, -0.15) is 0 Å². The van der Waals surface area contributed by atoms with Gasteiger partial charge >= 0.3 is 0 Å². The molecule has 5 heteroatoms. The number of nitrogens with two attached hydrogens (primary N) is 2. The second kappa shape index (κ2) is 3.22. The van der Waals surface area contributed by atoms with Crippen LogP contribution < -0.4 is 10.9 Å². The summed E-state index contributed by atoms with van der Waals surface area (Å²) in [4.78, 5) is 0.0768. The molecule has 2 aromatic carbocycles. The number of benzene rings is 2. The molecule has 0 aliphatic heterocycles. The SMILES string of the molecule is Nc1cccc2ccc(S(N)(=O)=O)cc12. The Morgan fingerprint density at radius 2 is 1.80 bits per heavy atom. The fourth-order valence-electron chi connectivity index (χ4n) is 1.45. The third-order valence-corrected chi connectivity index (χ3v) is 3.13. The highest BCUT2D eigenvalue weighted by atomic mass is 32.2. The number of sulfonamides is 1. The van der Waals surface area contributed by atoms with E-state index in [4.69, 9.17) is 10.9 Å². The van der Waals surface area contributed by atoms with Crippen LogP contribution in [0.2, 0.25) is 0 Å². The molecular weight excluding hydrogens is 212 g/mol. The Morgan fingerprint density at radius 3 is 2.47 bits per heavy atom. The van der Waals surface area contributed by atoms with Crippen LogP contribution in [0, 0.1) is 0 Å². The molecule has 0 bridgehead atoms. The summed E-state index contributed by atoms with van der Waals surface area (Å²) in [5.74, 6) is 0. The third kappa shape index (κ3) is 1.79. The van der Waals surface area contributed by atoms with Crippen LogP contribution in [0.5, 0.6) is 0 Å². The minimum Gasteiger partial charge on any atom is -0.398 e. The first-order chi connectivity index (χ1) is 6.98. The van der Waals surface area contributed by atoms with E-state index in [0.29, 0.717) is 11.1 Å². The second-order valence-electron chi connectivity index (χ2n) is 3.28. The van der Waals surface area contributed by atoms with Gasteiger partial charge in [0.25, 0.3) is 0 Å². The van der Waals surface area contributed by atoms with Crippen molar-refractivity contribution in [1.29, 1.82) is 0 Å². The molecule has 4 N–H and O–H groups in total. The topological polar surface area (TPSA) is 86.2 Å². The highest BCUT2D eigenvalue weighted by molar-refractivity contribution is 7.89. The minimum atomic E-state index is -3.67. The number of hydrogen-bond donors (Lipinski definition) is 2. The van der Waals surface area contributed by atoms with E-state index < -0.39 is 10.0 Å². The van der Waals surface area contributed by atoms with Crippen LogP contribution >= 0.6 is 0 Å². The monoisotopic (exact) mass is 222 g/mol. The van der Waals surface area contributed by atoms with Crippen molar-refractivity contribution in [2.45, 2.75) is 4.90 Å². The van der Waals surface area contributed by atoms with Gasteiger partial charge in [-0.1, -0.05) is 18.2 Å². The lowest BCUT2D eigenvalue weighted by molar-refractivity contribution is 0.598. The van der Waals surface area contributed by atoms with Crippen LogP contribution in [0.25, 0.3) is 10.8 Å². The molecule has 2 aromatic rings. The van der Waals surface area contributed by atoms with Crippen molar-refractivity contribution in [3.63, 3.8) is 0 Å². The van der Waals surface area contributed by atoms with Crippen LogP contribution in [-0.4, -0.2) is 8.42 Å². The summed E-state index contributed by atoms with van der Waals surface area (Å²) in [5, 5.41) is 6.62. The molecule has 0 aliphatic carbocycles. The third-order valence-electron chi connectivity index (χ3n) is 2.22. The zero-order chi connectivity index (χ0) is 11.1. The van der Waals surface area contributed by atoms with Crippen LogP contribution in [0.3, 0.4) is 0 Å². The van der Waals surface area contributed by atoms with Crippen molar-refractivity contribution in [3.8, 4) is 0 Å². The van der Waals surface area contributed by atoms with Gasteiger partial charge in [-0.25, -0.2) is 13.6 Å². The molecule has 0 fully saturated rings. The Bertz CT molecular complexity index is 620. The Labute approximate surface area is 87.6 Å². The first kappa shape index (κ1) is 9.95. The van der Waals surface area contributed by atoms with Crippen molar-refractivity contribution in [1.82, 2.24) is 0 Å². The zero-order valence-corrected chi connectivity index (χ0v) is 8.66. The number of anilines is 1. The molecule has 0 unspecified atom stereocenters. The standard InChI is InChI=1S/C10H10N2O2S/c11-10-3-1-2-7-4-5-8(6-9(7)10)15(12,13)14/h1-6H,11H2,(H2,12,13,14). The number of hydrogen-bond acceptors (Lipinski definition) is 3. The summed E-state index contributed by atoms with van der Waals surface area (Å²) >= 11 is 0. The van der Waals surface area contributed by atoms with Gasteiger partial charge in [0.15, 0.2) is 0 Å². The van der Waals surface area contributed by atoms with Crippen molar-refractivity contribution in [3.05, 3.63) is 36.4 Å². The average molecular weight is 222 g/mol. The Hall–Kier alpha value is -1.59. The summed E-state index contributed by atoms with van der Waals surface area (Å²) < 4.78 is 22.2. The molecule has 78 valence electrons. The molecule has 0 spiro atoms. The first-order valence-corrected chi connectivity index (χ1v) is 5.84. The molecule has 15 heavy (non-hydrogen) atoms. The molecule has 0 saturated heterocycles. The van der Waals surface area contributed by atoms with E-state index in [1.807, 2.05) is 12.1 Å². The van der Waals surface area contributed by atoms with E-state index in [0.717, 1.165) is 5.39 Å². The zero-order valence-electron chi connectivity index (χ0n) is 7.84. The Balaban J connectivity index is 2.81. The highest BCUT2D eigenvalue weighted by Gasteiger charge is 2.08. The lowest BCUT2D eigenvalue weighted by Gasteiger charge is -2.03. The van der Waals surface area contributed by atoms with Crippen LogP contribution in [0.4, 0.5) is 5.69 Å². The number of fused-ring (bicyclic) bond motifs is 1. The van der Waals surface area contributed by atoms with Crippen molar-refractivity contribution >= 4 is 26.5 Å². The molecule has 2 rings (SSSR count). The van der Waals surface area contributed by atoms with E-state index in [1.165, 1.54) is 12.1 Å². The number of nitrogen functional groups attached to an aromatic ring is 1. The summed E-state index contributed by atoms with van der Waals surface area (Å²) in [7, 11) is -3.67. The van der Waals surface area contributed by atoms with Crippen LogP contribution in [-0.2, 0) is 10.0 Å². The molecule has 0 atom stereocenters. The van der Waals surface area contributed by atoms with Gasteiger partial charge < -0.3 is 5.73 Å². The molecule has 0 radical (unpaired) electrons. The van der Waals surface area contributed by atoms with Gasteiger partial charge in [0.2, 0.25) is 10.0 Å². The average Bonchev–Trinajstić information content (AvgIpc) is 2.16. The molecule has 0 amide bonds. The molecule has 0 heterocycles. The largest absolute Gasteiger partial charge is 0.398 e. The smallest absolute Gasteiger partial charge is 0.238 e. The molecule has 0 aromatic heterocycles.